The van der Waals surface area contributed by atoms with Gasteiger partial charge in [-0.05, 0) is 31.2 Å². The summed E-state index contributed by atoms with van der Waals surface area (Å²) in [6, 6.07) is 16.1. The molecule has 4 nitrogen and oxygen atoms in total. The summed E-state index contributed by atoms with van der Waals surface area (Å²) in [5.41, 5.74) is 4.73. The molecule has 2 aromatic heterocycles. The Morgan fingerprint density at radius 2 is 2.00 bits per heavy atom. The van der Waals surface area contributed by atoms with Crippen LogP contribution in [0.1, 0.15) is 6.92 Å². The molecule has 2 heterocycles. The predicted octanol–water partition coefficient (Wildman–Crippen LogP) is 3.95. The lowest BCUT2D eigenvalue weighted by molar-refractivity contribution is 0.340. The summed E-state index contributed by atoms with van der Waals surface area (Å²) in [6.07, 6.45) is 3.77. The third kappa shape index (κ3) is 2.00. The Labute approximate surface area is 128 Å². The summed E-state index contributed by atoms with van der Waals surface area (Å²) in [4.78, 5) is 9.29. The minimum Gasteiger partial charge on any atom is -0.494 e. The quantitative estimate of drug-likeness (QED) is 0.573. The molecule has 4 aromatic rings. The van der Waals surface area contributed by atoms with Crippen LogP contribution < -0.4 is 4.74 Å². The second-order valence-electron chi connectivity index (χ2n) is 5.03. The summed E-state index contributed by atoms with van der Waals surface area (Å²) in [5.74, 6) is 0.847. The molecule has 0 aliphatic rings. The van der Waals surface area contributed by atoms with E-state index >= 15 is 0 Å². The summed E-state index contributed by atoms with van der Waals surface area (Å²) < 4.78 is 7.67. The fourth-order valence-corrected chi connectivity index (χ4v) is 2.70. The van der Waals surface area contributed by atoms with Gasteiger partial charge in [-0.1, -0.05) is 24.3 Å². The lowest BCUT2D eigenvalue weighted by Gasteiger charge is -2.09. The fraction of sp³-hybridized carbons (Fsp3) is 0.111. The molecule has 0 unspecified atom stereocenters. The van der Waals surface area contributed by atoms with Gasteiger partial charge in [0.1, 0.15) is 11.4 Å². The number of nitrogens with zero attached hydrogens (tertiary/aromatic N) is 3. The summed E-state index contributed by atoms with van der Waals surface area (Å²) in [7, 11) is 0. The maximum Gasteiger partial charge on any atom is 0.163 e. The second-order valence-corrected chi connectivity index (χ2v) is 5.03. The normalized spacial score (nSPS) is 11.1. The Morgan fingerprint density at radius 3 is 2.91 bits per heavy atom. The van der Waals surface area contributed by atoms with Crippen molar-refractivity contribution in [3.63, 3.8) is 0 Å². The number of rotatable bonds is 3. The van der Waals surface area contributed by atoms with Crippen molar-refractivity contribution in [2.45, 2.75) is 6.92 Å². The second kappa shape index (κ2) is 5.15. The SMILES string of the molecule is CCOc1cccc(-c2nc3ccccc3n3ccnc23)c1. The number of aromatic nitrogens is 3. The molecule has 0 N–H and O–H groups in total. The van der Waals surface area contributed by atoms with Crippen molar-refractivity contribution >= 4 is 16.7 Å². The standard InChI is InChI=1S/C18H15N3O/c1-2-22-14-7-5-6-13(12-14)17-18-19-10-11-21(18)16-9-4-3-8-15(16)20-17/h3-12H,2H2,1H3. The first-order valence-corrected chi connectivity index (χ1v) is 7.32. The first-order chi connectivity index (χ1) is 10.9. The van der Waals surface area contributed by atoms with Crippen LogP contribution in [0, 0.1) is 0 Å². The van der Waals surface area contributed by atoms with Crippen LogP contribution in [0.2, 0.25) is 0 Å². The monoisotopic (exact) mass is 289 g/mol. The molecule has 0 aliphatic carbocycles. The Morgan fingerprint density at radius 1 is 1.09 bits per heavy atom. The molecular formula is C18H15N3O. The number of imidazole rings is 1. The van der Waals surface area contributed by atoms with Crippen LogP contribution in [0.15, 0.2) is 60.9 Å². The number of para-hydroxylation sites is 2. The van der Waals surface area contributed by atoms with E-state index in [0.29, 0.717) is 6.61 Å². The molecule has 4 rings (SSSR count). The van der Waals surface area contributed by atoms with Crippen LogP contribution in [-0.2, 0) is 0 Å². The van der Waals surface area contributed by atoms with Crippen LogP contribution >= 0.6 is 0 Å². The Hall–Kier alpha value is -2.88. The van der Waals surface area contributed by atoms with E-state index in [-0.39, 0.29) is 0 Å². The lowest BCUT2D eigenvalue weighted by Crippen LogP contribution is -1.96. The van der Waals surface area contributed by atoms with Crippen LogP contribution in [-0.4, -0.2) is 21.0 Å². The lowest BCUT2D eigenvalue weighted by atomic mass is 10.1. The van der Waals surface area contributed by atoms with Crippen molar-refractivity contribution in [1.29, 1.82) is 0 Å². The van der Waals surface area contributed by atoms with Gasteiger partial charge in [0, 0.05) is 18.0 Å². The topological polar surface area (TPSA) is 39.4 Å². The number of hydrogen-bond donors (Lipinski definition) is 0. The smallest absolute Gasteiger partial charge is 0.163 e. The van der Waals surface area contributed by atoms with Crippen molar-refractivity contribution in [2.24, 2.45) is 0 Å². The summed E-state index contributed by atoms with van der Waals surface area (Å²) >= 11 is 0. The molecule has 22 heavy (non-hydrogen) atoms. The van der Waals surface area contributed by atoms with Crippen molar-refractivity contribution in [1.82, 2.24) is 14.4 Å². The van der Waals surface area contributed by atoms with Gasteiger partial charge in [-0.2, -0.15) is 0 Å². The molecule has 0 aliphatic heterocycles. The van der Waals surface area contributed by atoms with Gasteiger partial charge in [0.15, 0.2) is 5.65 Å². The minimum absolute atomic E-state index is 0.646. The number of fused-ring (bicyclic) bond motifs is 3. The van der Waals surface area contributed by atoms with Gasteiger partial charge in [0.25, 0.3) is 0 Å². The third-order valence-electron chi connectivity index (χ3n) is 3.64. The summed E-state index contributed by atoms with van der Waals surface area (Å²) in [5, 5.41) is 0. The van der Waals surface area contributed by atoms with E-state index in [1.165, 1.54) is 0 Å². The molecule has 0 spiro atoms. The van der Waals surface area contributed by atoms with Crippen LogP contribution in [0.4, 0.5) is 0 Å². The molecular weight excluding hydrogens is 274 g/mol. The molecule has 2 aromatic carbocycles. The minimum atomic E-state index is 0.646. The van der Waals surface area contributed by atoms with Crippen molar-refractivity contribution in [3.05, 3.63) is 60.9 Å². The molecule has 108 valence electrons. The van der Waals surface area contributed by atoms with Crippen molar-refractivity contribution in [3.8, 4) is 17.0 Å². The van der Waals surface area contributed by atoms with E-state index in [9.17, 15) is 0 Å². The van der Waals surface area contributed by atoms with E-state index in [0.717, 1.165) is 33.7 Å². The average Bonchev–Trinajstić information content (AvgIpc) is 3.04. The van der Waals surface area contributed by atoms with E-state index in [1.54, 1.807) is 6.20 Å². The molecule has 0 saturated carbocycles. The van der Waals surface area contributed by atoms with Gasteiger partial charge in [0.2, 0.25) is 0 Å². The maximum absolute atomic E-state index is 5.59. The van der Waals surface area contributed by atoms with E-state index < -0.39 is 0 Å². The van der Waals surface area contributed by atoms with Crippen LogP contribution in [0.25, 0.3) is 27.9 Å². The highest BCUT2D eigenvalue weighted by Gasteiger charge is 2.11. The predicted molar refractivity (Wildman–Crippen MR) is 87.1 cm³/mol. The number of benzene rings is 2. The van der Waals surface area contributed by atoms with Crippen LogP contribution in [0.5, 0.6) is 5.75 Å². The molecule has 0 saturated heterocycles. The molecule has 0 bridgehead atoms. The summed E-state index contributed by atoms with van der Waals surface area (Å²) in [6.45, 7) is 2.63. The zero-order chi connectivity index (χ0) is 14.9. The van der Waals surface area contributed by atoms with E-state index in [4.69, 9.17) is 9.72 Å². The zero-order valence-electron chi connectivity index (χ0n) is 12.2. The number of hydrogen-bond acceptors (Lipinski definition) is 3. The van der Waals surface area contributed by atoms with Crippen molar-refractivity contribution in [2.75, 3.05) is 6.61 Å². The average molecular weight is 289 g/mol. The van der Waals surface area contributed by atoms with E-state index in [2.05, 4.69) is 15.5 Å². The first-order valence-electron chi connectivity index (χ1n) is 7.32. The van der Waals surface area contributed by atoms with Gasteiger partial charge in [-0.15, -0.1) is 0 Å². The molecule has 0 amide bonds. The Bertz CT molecular complexity index is 959. The highest BCUT2D eigenvalue weighted by Crippen LogP contribution is 2.28. The van der Waals surface area contributed by atoms with Gasteiger partial charge in [-0.3, -0.25) is 4.40 Å². The molecule has 0 atom stereocenters. The first kappa shape index (κ1) is 12.8. The Balaban J connectivity index is 2.00. The highest BCUT2D eigenvalue weighted by molar-refractivity contribution is 5.85. The largest absolute Gasteiger partial charge is 0.494 e. The van der Waals surface area contributed by atoms with Crippen molar-refractivity contribution < 1.29 is 4.74 Å². The fourth-order valence-electron chi connectivity index (χ4n) is 2.70. The number of ether oxygens (including phenoxy) is 1. The molecule has 0 radical (unpaired) electrons. The van der Waals surface area contributed by atoms with Gasteiger partial charge in [0.05, 0.1) is 17.6 Å². The molecule has 4 heteroatoms. The van der Waals surface area contributed by atoms with Gasteiger partial charge < -0.3 is 4.74 Å². The highest BCUT2D eigenvalue weighted by atomic mass is 16.5. The third-order valence-corrected chi connectivity index (χ3v) is 3.64. The van der Waals surface area contributed by atoms with Gasteiger partial charge in [-0.25, -0.2) is 9.97 Å². The maximum atomic E-state index is 5.59. The van der Waals surface area contributed by atoms with E-state index in [1.807, 2.05) is 55.6 Å². The zero-order valence-corrected chi connectivity index (χ0v) is 12.2. The van der Waals surface area contributed by atoms with Crippen LogP contribution in [0.3, 0.4) is 0 Å². The molecule has 0 fully saturated rings. The Kier molecular flexibility index (Phi) is 3.00. The van der Waals surface area contributed by atoms with Gasteiger partial charge >= 0.3 is 0 Å².